The van der Waals surface area contributed by atoms with Gasteiger partial charge in [0.2, 0.25) is 0 Å². The fraction of sp³-hybridized carbons (Fsp3) is 0.137. The van der Waals surface area contributed by atoms with E-state index in [0.29, 0.717) is 13.1 Å². The van der Waals surface area contributed by atoms with Gasteiger partial charge in [0.1, 0.15) is 0 Å². The summed E-state index contributed by atoms with van der Waals surface area (Å²) in [5.41, 5.74) is 11.5. The molecule has 57 heavy (non-hydrogen) atoms. The second-order valence-corrected chi connectivity index (χ2v) is 14.1. The summed E-state index contributed by atoms with van der Waals surface area (Å²) in [6, 6.07) is 67.8. The third-order valence-electron chi connectivity index (χ3n) is 9.94. The molecule has 0 amide bonds. The van der Waals surface area contributed by atoms with E-state index in [1.165, 1.54) is 33.6 Å². The van der Waals surface area contributed by atoms with Crippen molar-refractivity contribution in [3.05, 3.63) is 228 Å². The van der Waals surface area contributed by atoms with Crippen LogP contribution in [0.1, 0.15) is 40.3 Å². The van der Waals surface area contributed by atoms with Gasteiger partial charge in [0.15, 0.2) is 0 Å². The number of benzene rings is 7. The van der Waals surface area contributed by atoms with Gasteiger partial charge in [-0.1, -0.05) is 146 Å². The van der Waals surface area contributed by atoms with Crippen LogP contribution in [0.4, 0.5) is 22.7 Å². The van der Waals surface area contributed by atoms with E-state index in [9.17, 15) is 0 Å². The Labute approximate surface area is 338 Å². The average molecular weight is 747 g/mol. The molecule has 0 aliphatic rings. The quantitative estimate of drug-likeness (QED) is 0.0687. The summed E-state index contributed by atoms with van der Waals surface area (Å²) in [7, 11) is 2.12. The lowest BCUT2D eigenvalue weighted by atomic mass is 10.1. The molecule has 0 N–H and O–H groups in total. The molecule has 7 aromatic carbocycles. The Kier molecular flexibility index (Phi) is 13.2. The molecule has 7 rings (SSSR count). The number of anilines is 4. The van der Waals surface area contributed by atoms with Gasteiger partial charge in [0.25, 0.3) is 0 Å². The van der Waals surface area contributed by atoms with Crippen molar-refractivity contribution in [3.63, 3.8) is 0 Å². The number of hydrogen-bond donors (Lipinski definition) is 0. The average Bonchev–Trinajstić information content (AvgIpc) is 3.28. The largest absolute Gasteiger partial charge is 0.370 e. The Hall–Kier alpha value is -6.92. The highest BCUT2D eigenvalue weighted by Gasteiger charge is 2.10. The number of hydrazone groups is 2. The molecule has 0 saturated heterocycles. The van der Waals surface area contributed by atoms with Crippen LogP contribution >= 0.6 is 0 Å². The third kappa shape index (κ3) is 11.1. The molecule has 0 aliphatic carbocycles. The van der Waals surface area contributed by atoms with Crippen molar-refractivity contribution in [3.8, 4) is 0 Å². The molecule has 0 aromatic heterocycles. The maximum absolute atomic E-state index is 4.98. The van der Waals surface area contributed by atoms with Gasteiger partial charge in [0.05, 0.1) is 36.9 Å². The highest BCUT2D eigenvalue weighted by atomic mass is 15.5. The molecule has 6 nitrogen and oxygen atoms in total. The molecule has 0 bridgehead atoms. The Bertz CT molecular complexity index is 2280. The fourth-order valence-corrected chi connectivity index (χ4v) is 6.69. The first-order valence-corrected chi connectivity index (χ1v) is 19.6. The maximum atomic E-state index is 4.98. The van der Waals surface area contributed by atoms with Crippen molar-refractivity contribution in [2.75, 3.05) is 33.4 Å². The molecule has 0 radical (unpaired) electrons. The molecule has 0 saturated carbocycles. The highest BCUT2D eigenvalue weighted by molar-refractivity contribution is 5.82. The number of rotatable bonds is 17. The molecule has 0 heterocycles. The molecule has 0 unspecified atom stereocenters. The van der Waals surface area contributed by atoms with Crippen molar-refractivity contribution in [2.24, 2.45) is 10.2 Å². The topological polar surface area (TPSA) is 37.7 Å². The summed E-state index contributed by atoms with van der Waals surface area (Å²) in [6.45, 7) is 6.14. The molecule has 0 aliphatic heterocycles. The zero-order valence-electron chi connectivity index (χ0n) is 32.8. The summed E-state index contributed by atoms with van der Waals surface area (Å²) < 4.78 is 0. The van der Waals surface area contributed by atoms with Crippen molar-refractivity contribution in [2.45, 2.75) is 33.1 Å². The minimum atomic E-state index is 0.635. The smallest absolute Gasteiger partial charge is 0.0666 e. The van der Waals surface area contributed by atoms with Gasteiger partial charge in [-0.05, 0) is 88.8 Å². The van der Waals surface area contributed by atoms with E-state index in [1.807, 2.05) is 24.6 Å². The molecular formula is C51H50N6. The van der Waals surface area contributed by atoms with E-state index >= 15 is 0 Å². The summed E-state index contributed by atoms with van der Waals surface area (Å²) in [5.74, 6) is 0. The molecule has 0 fully saturated rings. The third-order valence-corrected chi connectivity index (χ3v) is 9.94. The van der Waals surface area contributed by atoms with Crippen LogP contribution in [-0.2, 0) is 26.2 Å². The Morgan fingerprint density at radius 2 is 0.737 bits per heavy atom. The second-order valence-electron chi connectivity index (χ2n) is 14.1. The summed E-state index contributed by atoms with van der Waals surface area (Å²) >= 11 is 0. The maximum Gasteiger partial charge on any atom is 0.0666 e. The normalized spacial score (nSPS) is 11.2. The summed E-state index contributed by atoms with van der Waals surface area (Å²) in [4.78, 5) is 4.64. The van der Waals surface area contributed by atoms with Gasteiger partial charge in [-0.2, -0.15) is 10.2 Å². The lowest BCUT2D eigenvalue weighted by molar-refractivity contribution is 0.832. The van der Waals surface area contributed by atoms with Gasteiger partial charge in [-0.15, -0.1) is 0 Å². The molecule has 0 atom stereocenters. The van der Waals surface area contributed by atoms with E-state index in [-0.39, 0.29) is 0 Å². The molecule has 0 spiro atoms. The first-order valence-electron chi connectivity index (χ1n) is 19.6. The first kappa shape index (κ1) is 38.4. The lowest BCUT2D eigenvalue weighted by Gasteiger charge is -2.23. The number of hydrogen-bond acceptors (Lipinski definition) is 6. The molecule has 284 valence electrons. The summed E-state index contributed by atoms with van der Waals surface area (Å²) in [6.07, 6.45) is 3.89. The van der Waals surface area contributed by atoms with Crippen LogP contribution in [0.15, 0.2) is 204 Å². The Morgan fingerprint density at radius 3 is 1.16 bits per heavy atom. The fourth-order valence-electron chi connectivity index (χ4n) is 6.69. The van der Waals surface area contributed by atoms with Crippen molar-refractivity contribution >= 4 is 35.2 Å². The lowest BCUT2D eigenvalue weighted by Crippen LogP contribution is -2.21. The van der Waals surface area contributed by atoms with E-state index in [1.54, 1.807) is 0 Å². The highest BCUT2D eigenvalue weighted by Crippen LogP contribution is 2.23. The first-order chi connectivity index (χ1) is 28.1. The number of para-hydroxylation sites is 2. The monoisotopic (exact) mass is 746 g/mol. The SMILES string of the molecule is CCN(Cc1ccccc1)c1ccc(C=NN(Cc2ccc(CN(N=Cc3ccc(N(C)Cc4ccccc4)cc3)c3ccccc3)cc2)c2ccccc2)cc1. The minimum absolute atomic E-state index is 0.635. The van der Waals surface area contributed by atoms with Crippen molar-refractivity contribution < 1.29 is 0 Å². The van der Waals surface area contributed by atoms with E-state index < -0.39 is 0 Å². The van der Waals surface area contributed by atoms with E-state index in [2.05, 4.69) is 216 Å². The Morgan fingerprint density at radius 1 is 0.368 bits per heavy atom. The predicted molar refractivity (Wildman–Crippen MR) is 241 cm³/mol. The standard InChI is InChI=1S/C51H50N6/c1-3-55(39-45-18-10-5-11-19-45)49-34-30-43(31-35-49)37-53-57(51-22-14-7-15-23-51)41-47-26-24-46(25-27-47)40-56(50-20-12-6-13-21-50)52-36-42-28-32-48(33-29-42)54(2)38-44-16-8-4-9-17-44/h4-37H,3,38-41H2,1-2H3. The van der Waals surface area contributed by atoms with Gasteiger partial charge < -0.3 is 9.80 Å². The summed E-state index contributed by atoms with van der Waals surface area (Å²) in [5, 5.41) is 14.1. The van der Waals surface area contributed by atoms with Crippen LogP contribution in [0.2, 0.25) is 0 Å². The van der Waals surface area contributed by atoms with Crippen LogP contribution < -0.4 is 19.8 Å². The van der Waals surface area contributed by atoms with Crippen LogP contribution in [0.3, 0.4) is 0 Å². The van der Waals surface area contributed by atoms with Gasteiger partial charge in [-0.25, -0.2) is 0 Å². The molecular weight excluding hydrogens is 697 g/mol. The Balaban J connectivity index is 1.01. The van der Waals surface area contributed by atoms with E-state index in [4.69, 9.17) is 10.2 Å². The van der Waals surface area contributed by atoms with Crippen molar-refractivity contribution in [1.82, 2.24) is 0 Å². The zero-order valence-corrected chi connectivity index (χ0v) is 32.8. The second kappa shape index (κ2) is 19.6. The zero-order chi connectivity index (χ0) is 39.1. The van der Waals surface area contributed by atoms with Crippen LogP contribution in [0.5, 0.6) is 0 Å². The van der Waals surface area contributed by atoms with Crippen molar-refractivity contribution in [1.29, 1.82) is 0 Å². The van der Waals surface area contributed by atoms with Crippen LogP contribution in [0.25, 0.3) is 0 Å². The molecule has 7 aromatic rings. The van der Waals surface area contributed by atoms with E-state index in [0.717, 1.165) is 42.1 Å². The predicted octanol–water partition coefficient (Wildman–Crippen LogP) is 11.4. The van der Waals surface area contributed by atoms with Crippen LogP contribution in [0, 0.1) is 0 Å². The number of nitrogens with zero attached hydrogens (tertiary/aromatic N) is 6. The van der Waals surface area contributed by atoms with Crippen LogP contribution in [-0.4, -0.2) is 26.0 Å². The van der Waals surface area contributed by atoms with Gasteiger partial charge >= 0.3 is 0 Å². The van der Waals surface area contributed by atoms with Gasteiger partial charge in [0, 0.05) is 38.1 Å². The molecule has 6 heteroatoms. The van der Waals surface area contributed by atoms with Gasteiger partial charge in [-0.3, -0.25) is 10.0 Å². The minimum Gasteiger partial charge on any atom is -0.370 e.